The second kappa shape index (κ2) is 8.26. The quantitative estimate of drug-likeness (QED) is 0.326. The minimum Gasteiger partial charge on any atom is -0.464 e. The van der Waals surface area contributed by atoms with Gasteiger partial charge in [-0.2, -0.15) is 14.6 Å². The van der Waals surface area contributed by atoms with Gasteiger partial charge in [-0.1, -0.05) is 24.3 Å². The van der Waals surface area contributed by atoms with Crippen molar-refractivity contribution in [2.75, 3.05) is 5.32 Å². The maximum atomic E-state index is 12.0. The molecule has 1 aromatic carbocycles. The van der Waals surface area contributed by atoms with Gasteiger partial charge in [-0.3, -0.25) is 14.9 Å². The third-order valence-corrected chi connectivity index (χ3v) is 6.00. The Labute approximate surface area is 194 Å². The Kier molecular flexibility index (Phi) is 4.94. The predicted molar refractivity (Wildman–Crippen MR) is 125 cm³/mol. The molecule has 9 nitrogen and oxygen atoms in total. The van der Waals surface area contributed by atoms with E-state index in [1.807, 2.05) is 30.3 Å². The number of aryl methyl sites for hydroxylation is 2. The van der Waals surface area contributed by atoms with Gasteiger partial charge in [0.2, 0.25) is 11.9 Å². The zero-order valence-corrected chi connectivity index (χ0v) is 18.3. The van der Waals surface area contributed by atoms with E-state index in [0.29, 0.717) is 41.0 Å². The number of hydrogen-bond acceptors (Lipinski definition) is 7. The van der Waals surface area contributed by atoms with Crippen molar-refractivity contribution in [3.8, 4) is 11.3 Å². The molecule has 0 unspecified atom stereocenters. The number of imide groups is 1. The molecule has 1 saturated carbocycles. The first-order valence-electron chi connectivity index (χ1n) is 11.3. The van der Waals surface area contributed by atoms with Crippen LogP contribution in [-0.2, 0) is 22.4 Å². The summed E-state index contributed by atoms with van der Waals surface area (Å²) in [7, 11) is 0. The lowest BCUT2D eigenvalue weighted by Crippen LogP contribution is -2.19. The highest BCUT2D eigenvalue weighted by Crippen LogP contribution is 2.27. The van der Waals surface area contributed by atoms with Gasteiger partial charge in [0.1, 0.15) is 11.6 Å². The Bertz CT molecular complexity index is 1430. The van der Waals surface area contributed by atoms with Gasteiger partial charge < -0.3 is 9.73 Å². The highest BCUT2D eigenvalue weighted by Gasteiger charge is 2.26. The van der Waals surface area contributed by atoms with Crippen LogP contribution in [-0.4, -0.2) is 37.4 Å². The lowest BCUT2D eigenvalue weighted by atomic mass is 10.0. The topological polar surface area (TPSA) is 114 Å². The molecule has 2 fully saturated rings. The number of amides is 2. The minimum atomic E-state index is -0.371. The summed E-state index contributed by atoms with van der Waals surface area (Å²) in [5, 5.41) is 10.2. The molecule has 170 valence electrons. The Morgan fingerprint density at radius 1 is 1.12 bits per heavy atom. The number of aromatic nitrogens is 4. The summed E-state index contributed by atoms with van der Waals surface area (Å²) in [5.41, 5.74) is 3.89. The summed E-state index contributed by atoms with van der Waals surface area (Å²) in [6, 6.07) is 12.4. The van der Waals surface area contributed by atoms with E-state index in [2.05, 4.69) is 21.8 Å². The van der Waals surface area contributed by atoms with E-state index in [9.17, 15) is 9.59 Å². The first-order valence-corrected chi connectivity index (χ1v) is 11.3. The van der Waals surface area contributed by atoms with E-state index in [0.717, 1.165) is 36.1 Å². The molecule has 1 saturated heterocycles. The third kappa shape index (κ3) is 3.96. The van der Waals surface area contributed by atoms with Crippen molar-refractivity contribution in [1.82, 2.24) is 24.9 Å². The molecule has 0 atom stereocenters. The van der Waals surface area contributed by atoms with Crippen LogP contribution in [0.4, 0.5) is 5.95 Å². The molecule has 0 spiro atoms. The van der Waals surface area contributed by atoms with Crippen molar-refractivity contribution >= 4 is 29.5 Å². The SMILES string of the molecule is O=C1C/C(=C\c2cnn3c(NC4CC4)nc(CCc4ccccc4-c4ccco4)nc23)C(=O)N1. The normalized spacial score (nSPS) is 17.0. The molecular weight excluding hydrogens is 432 g/mol. The lowest BCUT2D eigenvalue weighted by Gasteiger charge is -2.10. The van der Waals surface area contributed by atoms with Crippen molar-refractivity contribution in [2.45, 2.75) is 38.1 Å². The maximum absolute atomic E-state index is 12.0. The number of anilines is 1. The van der Waals surface area contributed by atoms with Crippen molar-refractivity contribution in [2.24, 2.45) is 0 Å². The van der Waals surface area contributed by atoms with Crippen molar-refractivity contribution in [3.63, 3.8) is 0 Å². The number of furan rings is 1. The molecule has 3 aromatic heterocycles. The summed E-state index contributed by atoms with van der Waals surface area (Å²) >= 11 is 0. The molecule has 2 aliphatic rings. The Morgan fingerprint density at radius 3 is 2.76 bits per heavy atom. The fraction of sp³-hybridized carbons (Fsp3) is 0.240. The van der Waals surface area contributed by atoms with Crippen LogP contribution in [0, 0.1) is 0 Å². The molecule has 1 aliphatic heterocycles. The number of rotatable bonds is 7. The van der Waals surface area contributed by atoms with E-state index >= 15 is 0 Å². The first-order chi connectivity index (χ1) is 16.6. The molecule has 9 heteroatoms. The molecule has 2 N–H and O–H groups in total. The average molecular weight is 454 g/mol. The molecule has 0 radical (unpaired) electrons. The largest absolute Gasteiger partial charge is 0.464 e. The van der Waals surface area contributed by atoms with Crippen LogP contribution >= 0.6 is 0 Å². The molecule has 2 amide bonds. The van der Waals surface area contributed by atoms with Crippen LogP contribution in [0.15, 0.2) is 58.8 Å². The minimum absolute atomic E-state index is 0.0604. The summed E-state index contributed by atoms with van der Waals surface area (Å²) < 4.78 is 7.27. The highest BCUT2D eigenvalue weighted by atomic mass is 16.3. The molecule has 34 heavy (non-hydrogen) atoms. The van der Waals surface area contributed by atoms with Gasteiger partial charge in [-0.25, -0.2) is 4.98 Å². The van der Waals surface area contributed by atoms with E-state index in [1.165, 1.54) is 0 Å². The van der Waals surface area contributed by atoms with Crippen molar-refractivity contribution in [1.29, 1.82) is 0 Å². The molecular formula is C25H22N6O3. The Balaban J connectivity index is 1.34. The van der Waals surface area contributed by atoms with E-state index in [4.69, 9.17) is 14.4 Å². The smallest absolute Gasteiger partial charge is 0.254 e. The van der Waals surface area contributed by atoms with Crippen LogP contribution in [0.5, 0.6) is 0 Å². The molecule has 0 bridgehead atoms. The van der Waals surface area contributed by atoms with Crippen LogP contribution in [0.3, 0.4) is 0 Å². The van der Waals surface area contributed by atoms with Gasteiger partial charge in [-0.15, -0.1) is 0 Å². The summed E-state index contributed by atoms with van der Waals surface area (Å²) in [6.07, 6.45) is 8.62. The van der Waals surface area contributed by atoms with Gasteiger partial charge in [-0.05, 0) is 43.0 Å². The first kappa shape index (κ1) is 20.3. The second-order valence-corrected chi connectivity index (χ2v) is 8.58. The average Bonchev–Trinajstić information content (AvgIpc) is 3.20. The maximum Gasteiger partial charge on any atom is 0.254 e. The van der Waals surface area contributed by atoms with E-state index in [1.54, 1.807) is 23.1 Å². The summed E-state index contributed by atoms with van der Waals surface area (Å²) in [5.74, 6) is 1.48. The summed E-state index contributed by atoms with van der Waals surface area (Å²) in [4.78, 5) is 33.2. The zero-order valence-electron chi connectivity index (χ0n) is 18.3. The Hall–Kier alpha value is -4.27. The van der Waals surface area contributed by atoms with Gasteiger partial charge >= 0.3 is 0 Å². The monoisotopic (exact) mass is 454 g/mol. The highest BCUT2D eigenvalue weighted by molar-refractivity contribution is 6.15. The lowest BCUT2D eigenvalue weighted by molar-refractivity contribution is -0.124. The van der Waals surface area contributed by atoms with Gasteiger partial charge in [0, 0.05) is 29.2 Å². The molecule has 4 heterocycles. The molecule has 6 rings (SSSR count). The van der Waals surface area contributed by atoms with Crippen LogP contribution in [0.1, 0.15) is 36.2 Å². The number of hydrogen-bond donors (Lipinski definition) is 2. The van der Waals surface area contributed by atoms with Crippen molar-refractivity contribution < 1.29 is 14.0 Å². The standard InChI is InChI=1S/C25H22N6O3/c32-22-13-16(24(33)30-22)12-17-14-26-31-23(17)28-21(29-25(31)27-18-8-9-18)10-7-15-4-1-2-5-19(15)20-6-3-11-34-20/h1-6,11-12,14,18H,7-10,13H2,(H,27,28,29)(H,30,32,33)/b16-12+. The number of benzene rings is 1. The number of nitrogens with zero attached hydrogens (tertiary/aromatic N) is 4. The van der Waals surface area contributed by atoms with Gasteiger partial charge in [0.05, 0.1) is 18.9 Å². The number of carbonyl (C=O) groups excluding carboxylic acids is 2. The fourth-order valence-electron chi connectivity index (χ4n) is 4.12. The fourth-order valence-corrected chi connectivity index (χ4v) is 4.12. The predicted octanol–water partition coefficient (Wildman–Crippen LogP) is 3.17. The van der Waals surface area contributed by atoms with Gasteiger partial charge in [0.15, 0.2) is 5.65 Å². The van der Waals surface area contributed by atoms with Crippen LogP contribution in [0.2, 0.25) is 0 Å². The number of fused-ring (bicyclic) bond motifs is 1. The second-order valence-electron chi connectivity index (χ2n) is 8.58. The zero-order chi connectivity index (χ0) is 23.1. The number of carbonyl (C=O) groups is 2. The van der Waals surface area contributed by atoms with Gasteiger partial charge in [0.25, 0.3) is 5.91 Å². The molecule has 1 aliphatic carbocycles. The summed E-state index contributed by atoms with van der Waals surface area (Å²) in [6.45, 7) is 0. The van der Waals surface area contributed by atoms with Crippen LogP contribution < -0.4 is 10.6 Å². The third-order valence-electron chi connectivity index (χ3n) is 6.00. The molecule has 4 aromatic rings. The van der Waals surface area contributed by atoms with E-state index in [-0.39, 0.29) is 18.2 Å². The van der Waals surface area contributed by atoms with E-state index < -0.39 is 0 Å². The van der Waals surface area contributed by atoms with Crippen LogP contribution in [0.25, 0.3) is 23.0 Å². The Morgan fingerprint density at radius 2 is 2.00 bits per heavy atom. The number of nitrogens with one attached hydrogen (secondary N) is 2. The van der Waals surface area contributed by atoms with Crippen molar-refractivity contribution in [3.05, 3.63) is 71.4 Å².